The van der Waals surface area contributed by atoms with Crippen LogP contribution in [-0.2, 0) is 0 Å². The minimum atomic E-state index is 0.347. The molecule has 21 heavy (non-hydrogen) atoms. The molecule has 1 heterocycles. The van der Waals surface area contributed by atoms with Gasteiger partial charge in [-0.2, -0.15) is 15.0 Å². The van der Waals surface area contributed by atoms with E-state index in [-0.39, 0.29) is 0 Å². The molecule has 0 amide bonds. The minimum Gasteiger partial charge on any atom is -0.463 e. The summed E-state index contributed by atoms with van der Waals surface area (Å²) in [5, 5.41) is 4.38. The fourth-order valence-corrected chi connectivity index (χ4v) is 2.35. The van der Waals surface area contributed by atoms with Crippen LogP contribution in [0.2, 0.25) is 5.02 Å². The van der Waals surface area contributed by atoms with Gasteiger partial charge in [-0.1, -0.05) is 18.5 Å². The number of hydrogen-bond donors (Lipinski definition) is 1. The number of halogens is 1. The van der Waals surface area contributed by atoms with Gasteiger partial charge in [0, 0.05) is 16.5 Å². The predicted molar refractivity (Wildman–Crippen MR) is 85.4 cm³/mol. The number of nitrogens with one attached hydrogen (secondary N) is 1. The molecule has 0 spiro atoms. The van der Waals surface area contributed by atoms with Gasteiger partial charge in [0.05, 0.1) is 6.61 Å². The van der Waals surface area contributed by atoms with Crippen LogP contribution < -0.4 is 10.1 Å². The fraction of sp³-hybridized carbons (Fsp3) is 0.357. The van der Waals surface area contributed by atoms with Crippen molar-refractivity contribution in [2.45, 2.75) is 30.3 Å². The number of aromatic nitrogens is 3. The number of ether oxygens (including phenoxy) is 1. The van der Waals surface area contributed by atoms with Crippen LogP contribution in [0.15, 0.2) is 34.3 Å². The lowest BCUT2D eigenvalue weighted by Gasteiger charge is -2.08. The second kappa shape index (κ2) is 8.05. The summed E-state index contributed by atoms with van der Waals surface area (Å²) in [6.45, 7) is 5.35. The normalized spacial score (nSPS) is 10.4. The van der Waals surface area contributed by atoms with Crippen LogP contribution in [0.3, 0.4) is 0 Å². The van der Waals surface area contributed by atoms with Crippen molar-refractivity contribution in [3.63, 3.8) is 0 Å². The zero-order chi connectivity index (χ0) is 15.1. The van der Waals surface area contributed by atoms with Crippen molar-refractivity contribution in [3.05, 3.63) is 29.3 Å². The molecular formula is C14H17ClN4OS. The monoisotopic (exact) mass is 324 g/mol. The second-order valence-electron chi connectivity index (χ2n) is 4.16. The van der Waals surface area contributed by atoms with Gasteiger partial charge in [-0.25, -0.2) is 0 Å². The number of rotatable bonds is 7. The lowest BCUT2D eigenvalue weighted by atomic mass is 10.4. The highest BCUT2D eigenvalue weighted by Gasteiger charge is 2.08. The van der Waals surface area contributed by atoms with E-state index in [9.17, 15) is 0 Å². The third-order valence-electron chi connectivity index (χ3n) is 2.39. The molecule has 0 fully saturated rings. The molecular weight excluding hydrogens is 308 g/mol. The Morgan fingerprint density at radius 1 is 1.14 bits per heavy atom. The van der Waals surface area contributed by atoms with E-state index in [0.717, 1.165) is 17.9 Å². The van der Waals surface area contributed by atoms with Crippen LogP contribution in [0.1, 0.15) is 20.3 Å². The van der Waals surface area contributed by atoms with Gasteiger partial charge in [0.15, 0.2) is 0 Å². The molecule has 0 bridgehead atoms. The minimum absolute atomic E-state index is 0.347. The van der Waals surface area contributed by atoms with Crippen LogP contribution >= 0.6 is 23.4 Å². The third kappa shape index (κ3) is 5.06. The van der Waals surface area contributed by atoms with Crippen molar-refractivity contribution in [2.75, 3.05) is 18.5 Å². The van der Waals surface area contributed by atoms with Crippen molar-refractivity contribution in [2.24, 2.45) is 0 Å². The SMILES string of the molecule is CCCOc1nc(NCC)nc(Sc2ccc(Cl)cc2)n1. The van der Waals surface area contributed by atoms with Crippen molar-refractivity contribution >= 4 is 29.3 Å². The van der Waals surface area contributed by atoms with Crippen molar-refractivity contribution in [3.8, 4) is 6.01 Å². The molecule has 1 aromatic carbocycles. The lowest BCUT2D eigenvalue weighted by molar-refractivity contribution is 0.288. The first kappa shape index (κ1) is 15.9. The van der Waals surface area contributed by atoms with Crippen LogP contribution in [0.25, 0.3) is 0 Å². The lowest BCUT2D eigenvalue weighted by Crippen LogP contribution is -2.07. The zero-order valence-corrected chi connectivity index (χ0v) is 13.5. The smallest absolute Gasteiger partial charge is 0.322 e. The Labute approximate surface area is 133 Å². The van der Waals surface area contributed by atoms with E-state index in [0.29, 0.717) is 28.7 Å². The van der Waals surface area contributed by atoms with Crippen LogP contribution in [0.5, 0.6) is 6.01 Å². The molecule has 1 aromatic heterocycles. The van der Waals surface area contributed by atoms with E-state index in [1.807, 2.05) is 38.1 Å². The van der Waals surface area contributed by atoms with E-state index >= 15 is 0 Å². The molecule has 0 radical (unpaired) electrons. The summed E-state index contributed by atoms with van der Waals surface area (Å²) in [5.41, 5.74) is 0. The van der Waals surface area contributed by atoms with E-state index in [1.165, 1.54) is 11.8 Å². The first-order valence-corrected chi connectivity index (χ1v) is 7.97. The van der Waals surface area contributed by atoms with Crippen molar-refractivity contribution in [1.29, 1.82) is 0 Å². The summed E-state index contributed by atoms with van der Waals surface area (Å²) in [7, 11) is 0. The van der Waals surface area contributed by atoms with E-state index in [1.54, 1.807) is 0 Å². The summed E-state index contributed by atoms with van der Waals surface area (Å²) in [6, 6.07) is 7.88. The maximum absolute atomic E-state index is 5.88. The molecule has 0 atom stereocenters. The Bertz CT molecular complexity index is 580. The molecule has 7 heteroatoms. The third-order valence-corrected chi connectivity index (χ3v) is 3.51. The van der Waals surface area contributed by atoms with Crippen LogP contribution in [0, 0.1) is 0 Å². The van der Waals surface area contributed by atoms with Gasteiger partial charge in [-0.3, -0.25) is 0 Å². The van der Waals surface area contributed by atoms with E-state index in [4.69, 9.17) is 16.3 Å². The highest BCUT2D eigenvalue weighted by molar-refractivity contribution is 7.99. The molecule has 2 aromatic rings. The van der Waals surface area contributed by atoms with Gasteiger partial charge in [0.25, 0.3) is 0 Å². The van der Waals surface area contributed by atoms with Gasteiger partial charge in [-0.15, -0.1) is 0 Å². The van der Waals surface area contributed by atoms with Gasteiger partial charge in [-0.05, 0) is 49.4 Å². The summed E-state index contributed by atoms with van der Waals surface area (Å²) in [4.78, 5) is 13.9. The Morgan fingerprint density at radius 2 is 1.90 bits per heavy atom. The molecule has 0 aliphatic heterocycles. The van der Waals surface area contributed by atoms with E-state index < -0.39 is 0 Å². The van der Waals surface area contributed by atoms with Crippen LogP contribution in [0.4, 0.5) is 5.95 Å². The second-order valence-corrected chi connectivity index (χ2v) is 5.64. The van der Waals surface area contributed by atoms with E-state index in [2.05, 4.69) is 20.3 Å². The molecule has 1 N–H and O–H groups in total. The topological polar surface area (TPSA) is 59.9 Å². The average molecular weight is 325 g/mol. The molecule has 2 rings (SSSR count). The number of hydrogen-bond acceptors (Lipinski definition) is 6. The Hall–Kier alpha value is -1.53. The average Bonchev–Trinajstić information content (AvgIpc) is 2.48. The summed E-state index contributed by atoms with van der Waals surface area (Å²) in [6.07, 6.45) is 0.905. The Balaban J connectivity index is 2.19. The maximum Gasteiger partial charge on any atom is 0.322 e. The molecule has 0 saturated carbocycles. The first-order valence-electron chi connectivity index (χ1n) is 6.77. The summed E-state index contributed by atoms with van der Waals surface area (Å²) < 4.78 is 5.50. The molecule has 0 aliphatic carbocycles. The number of nitrogens with zero attached hydrogens (tertiary/aromatic N) is 3. The van der Waals surface area contributed by atoms with Crippen LogP contribution in [-0.4, -0.2) is 28.1 Å². The largest absolute Gasteiger partial charge is 0.463 e. The molecule has 0 unspecified atom stereocenters. The first-order chi connectivity index (χ1) is 10.2. The Morgan fingerprint density at radius 3 is 2.57 bits per heavy atom. The summed E-state index contributed by atoms with van der Waals surface area (Å²) in [5.74, 6) is 0.523. The van der Waals surface area contributed by atoms with Crippen molar-refractivity contribution in [1.82, 2.24) is 15.0 Å². The van der Waals surface area contributed by atoms with Gasteiger partial charge in [0.2, 0.25) is 11.1 Å². The van der Waals surface area contributed by atoms with Gasteiger partial charge in [0.1, 0.15) is 0 Å². The van der Waals surface area contributed by atoms with Gasteiger partial charge >= 0.3 is 6.01 Å². The fourth-order valence-electron chi connectivity index (χ4n) is 1.49. The predicted octanol–water partition coefficient (Wildman–Crippen LogP) is 3.90. The maximum atomic E-state index is 5.88. The highest BCUT2D eigenvalue weighted by atomic mass is 35.5. The zero-order valence-electron chi connectivity index (χ0n) is 12.0. The quantitative estimate of drug-likeness (QED) is 0.833. The Kier molecular flexibility index (Phi) is 6.07. The standard InChI is InChI=1S/C14H17ClN4OS/c1-3-9-20-13-17-12(16-4-2)18-14(19-13)21-11-7-5-10(15)6-8-11/h5-8H,3-4,9H2,1-2H3,(H,16,17,18,19). The molecule has 112 valence electrons. The number of benzene rings is 1. The molecule has 0 saturated heterocycles. The molecule has 5 nitrogen and oxygen atoms in total. The number of anilines is 1. The van der Waals surface area contributed by atoms with Gasteiger partial charge < -0.3 is 10.1 Å². The van der Waals surface area contributed by atoms with Crippen molar-refractivity contribution < 1.29 is 4.74 Å². The highest BCUT2D eigenvalue weighted by Crippen LogP contribution is 2.27. The molecule has 0 aliphatic rings. The summed E-state index contributed by atoms with van der Waals surface area (Å²) >= 11 is 7.33.